The summed E-state index contributed by atoms with van der Waals surface area (Å²) in [4.78, 5) is 23.7. The molecule has 1 aliphatic heterocycles. The van der Waals surface area contributed by atoms with Crippen molar-refractivity contribution in [3.63, 3.8) is 0 Å². The van der Waals surface area contributed by atoms with Crippen molar-refractivity contribution in [2.75, 3.05) is 14.2 Å². The van der Waals surface area contributed by atoms with Gasteiger partial charge in [-0.05, 0) is 23.1 Å². The average Bonchev–Trinajstić information content (AvgIpc) is 2.59. The first kappa shape index (κ1) is 16.8. The lowest BCUT2D eigenvalue weighted by Gasteiger charge is -2.23. The van der Waals surface area contributed by atoms with Crippen LogP contribution in [0.25, 0.3) is 0 Å². The van der Waals surface area contributed by atoms with Gasteiger partial charge in [0.1, 0.15) is 0 Å². The predicted molar refractivity (Wildman–Crippen MR) is 84.6 cm³/mol. The molecule has 0 aliphatic carbocycles. The average molecular weight is 316 g/mol. The minimum atomic E-state index is -0.614. The Morgan fingerprint density at radius 1 is 1.04 bits per heavy atom. The number of carbonyl (C=O) groups excluding carboxylic acids is 2. The number of rotatable bonds is 4. The summed E-state index contributed by atoms with van der Waals surface area (Å²) < 4.78 is 15.1. The molecule has 0 spiro atoms. The Hall–Kier alpha value is -2.56. The molecule has 1 atom stereocenters. The molecule has 5 heteroatoms. The third-order valence-electron chi connectivity index (χ3n) is 3.67. The fourth-order valence-corrected chi connectivity index (χ4v) is 2.31. The highest BCUT2D eigenvalue weighted by molar-refractivity contribution is 5.97. The maximum absolute atomic E-state index is 12.0. The Morgan fingerprint density at radius 3 is 2.17 bits per heavy atom. The molecule has 23 heavy (non-hydrogen) atoms. The molecule has 5 nitrogen and oxygen atoms in total. The van der Waals surface area contributed by atoms with Crippen molar-refractivity contribution in [1.29, 1.82) is 0 Å². The van der Waals surface area contributed by atoms with Gasteiger partial charge in [-0.2, -0.15) is 0 Å². The van der Waals surface area contributed by atoms with Gasteiger partial charge in [-0.25, -0.2) is 9.59 Å². The molecule has 122 valence electrons. The minimum absolute atomic E-state index is 0.169. The van der Waals surface area contributed by atoms with Gasteiger partial charge in [0.2, 0.25) is 0 Å². The van der Waals surface area contributed by atoms with Gasteiger partial charge in [0.15, 0.2) is 6.10 Å². The van der Waals surface area contributed by atoms with E-state index in [0.29, 0.717) is 5.92 Å². The van der Waals surface area contributed by atoms with E-state index in [0.717, 1.165) is 5.56 Å². The van der Waals surface area contributed by atoms with Gasteiger partial charge in [0, 0.05) is 0 Å². The Bertz CT molecular complexity index is 652. The number of hydrogen-bond acceptors (Lipinski definition) is 5. The van der Waals surface area contributed by atoms with Crippen molar-refractivity contribution in [3.8, 4) is 0 Å². The summed E-state index contributed by atoms with van der Waals surface area (Å²) in [5.41, 5.74) is 2.43. The van der Waals surface area contributed by atoms with E-state index in [1.165, 1.54) is 32.1 Å². The zero-order valence-electron chi connectivity index (χ0n) is 13.7. The van der Waals surface area contributed by atoms with Crippen LogP contribution in [0.3, 0.4) is 0 Å². The molecule has 1 aliphatic rings. The van der Waals surface area contributed by atoms with Crippen LogP contribution in [-0.2, 0) is 23.8 Å². The molecule has 0 bridgehead atoms. The molecule has 1 unspecified atom stereocenters. The van der Waals surface area contributed by atoms with Gasteiger partial charge < -0.3 is 14.2 Å². The summed E-state index contributed by atoms with van der Waals surface area (Å²) in [6.07, 6.45) is 2.14. The number of carbonyl (C=O) groups is 2. The van der Waals surface area contributed by atoms with Gasteiger partial charge in [0.05, 0.1) is 31.6 Å². The van der Waals surface area contributed by atoms with Crippen LogP contribution < -0.4 is 0 Å². The van der Waals surface area contributed by atoms with E-state index in [1.54, 1.807) is 0 Å². The van der Waals surface area contributed by atoms with Crippen molar-refractivity contribution < 1.29 is 23.8 Å². The van der Waals surface area contributed by atoms with Crippen LogP contribution in [0.5, 0.6) is 0 Å². The molecule has 0 fully saturated rings. The lowest BCUT2D eigenvalue weighted by Crippen LogP contribution is -2.20. The van der Waals surface area contributed by atoms with Crippen LogP contribution in [0, 0.1) is 0 Å². The van der Waals surface area contributed by atoms with Crippen molar-refractivity contribution in [2.24, 2.45) is 0 Å². The highest BCUT2D eigenvalue weighted by Gasteiger charge is 2.29. The molecule has 0 saturated carbocycles. The molecule has 1 aromatic carbocycles. The van der Waals surface area contributed by atoms with E-state index in [1.807, 2.05) is 24.3 Å². The van der Waals surface area contributed by atoms with Crippen molar-refractivity contribution >= 4 is 11.9 Å². The summed E-state index contributed by atoms with van der Waals surface area (Å²) in [5, 5.41) is 0. The molecular weight excluding hydrogens is 296 g/mol. The quantitative estimate of drug-likeness (QED) is 0.799. The van der Waals surface area contributed by atoms with E-state index in [4.69, 9.17) is 9.47 Å². The maximum atomic E-state index is 12.0. The third kappa shape index (κ3) is 3.62. The molecule has 0 amide bonds. The van der Waals surface area contributed by atoms with Gasteiger partial charge in [0.25, 0.3) is 0 Å². The van der Waals surface area contributed by atoms with Crippen LogP contribution in [0.2, 0.25) is 0 Å². The second kappa shape index (κ2) is 7.13. The highest BCUT2D eigenvalue weighted by Crippen LogP contribution is 2.32. The Kier molecular flexibility index (Phi) is 5.21. The van der Waals surface area contributed by atoms with Crippen molar-refractivity contribution in [2.45, 2.75) is 25.9 Å². The first-order valence-corrected chi connectivity index (χ1v) is 7.31. The number of benzene rings is 1. The molecule has 2 rings (SSSR count). The highest BCUT2D eigenvalue weighted by atomic mass is 16.5. The first-order chi connectivity index (χ1) is 11.0. The third-order valence-corrected chi connectivity index (χ3v) is 3.67. The number of methoxy groups -OCH3 is 2. The van der Waals surface area contributed by atoms with E-state index >= 15 is 0 Å². The molecule has 0 radical (unpaired) electrons. The van der Waals surface area contributed by atoms with Crippen LogP contribution in [0.1, 0.15) is 37.0 Å². The summed E-state index contributed by atoms with van der Waals surface area (Å²) in [6, 6.07) is 7.82. The minimum Gasteiger partial charge on any atom is -0.487 e. The largest absolute Gasteiger partial charge is 0.487 e. The van der Waals surface area contributed by atoms with Crippen LogP contribution in [0.4, 0.5) is 0 Å². The van der Waals surface area contributed by atoms with Crippen LogP contribution in [0.15, 0.2) is 47.7 Å². The summed E-state index contributed by atoms with van der Waals surface area (Å²) in [5.74, 6) is -0.699. The standard InChI is InChI=1S/C18H20O5/c1-11(2)12-5-7-13(8-6-12)16-15(18(20)22-4)9-14(10-23-16)17(19)21-3/h5-11,16H,1-4H3. The molecule has 1 aromatic rings. The summed E-state index contributed by atoms with van der Waals surface area (Å²) in [6.45, 7) is 4.22. The fourth-order valence-electron chi connectivity index (χ4n) is 2.31. The van der Waals surface area contributed by atoms with E-state index < -0.39 is 18.0 Å². The fraction of sp³-hybridized carbons (Fsp3) is 0.333. The molecular formula is C18H20O5. The molecule has 1 heterocycles. The van der Waals surface area contributed by atoms with Crippen molar-refractivity contribution in [3.05, 3.63) is 58.9 Å². The molecule has 0 N–H and O–H groups in total. The van der Waals surface area contributed by atoms with Crippen LogP contribution >= 0.6 is 0 Å². The molecule has 0 aromatic heterocycles. The topological polar surface area (TPSA) is 61.8 Å². The number of hydrogen-bond donors (Lipinski definition) is 0. The van der Waals surface area contributed by atoms with E-state index in [2.05, 4.69) is 18.6 Å². The second-order valence-corrected chi connectivity index (χ2v) is 5.49. The lowest BCUT2D eigenvalue weighted by molar-refractivity contribution is -0.137. The Morgan fingerprint density at radius 2 is 1.65 bits per heavy atom. The van der Waals surface area contributed by atoms with Crippen molar-refractivity contribution in [1.82, 2.24) is 0 Å². The van der Waals surface area contributed by atoms with Gasteiger partial charge in [-0.15, -0.1) is 0 Å². The van der Waals surface area contributed by atoms with E-state index in [9.17, 15) is 9.59 Å². The van der Waals surface area contributed by atoms with E-state index in [-0.39, 0.29) is 11.1 Å². The normalized spacial score (nSPS) is 17.0. The predicted octanol–water partition coefficient (Wildman–Crippen LogP) is 3.04. The first-order valence-electron chi connectivity index (χ1n) is 7.31. The summed E-state index contributed by atoms with van der Waals surface area (Å²) >= 11 is 0. The maximum Gasteiger partial charge on any atom is 0.341 e. The monoisotopic (exact) mass is 316 g/mol. The van der Waals surface area contributed by atoms with Gasteiger partial charge in [-0.1, -0.05) is 38.1 Å². The Balaban J connectivity index is 2.35. The van der Waals surface area contributed by atoms with Gasteiger partial charge in [-0.3, -0.25) is 0 Å². The smallest absolute Gasteiger partial charge is 0.341 e. The second-order valence-electron chi connectivity index (χ2n) is 5.49. The van der Waals surface area contributed by atoms with Gasteiger partial charge >= 0.3 is 11.9 Å². The van der Waals surface area contributed by atoms with Crippen LogP contribution in [-0.4, -0.2) is 26.2 Å². The zero-order valence-corrected chi connectivity index (χ0v) is 13.7. The number of ether oxygens (including phenoxy) is 3. The Labute approximate surface area is 135 Å². The summed E-state index contributed by atoms with van der Waals surface area (Å²) in [7, 11) is 2.56. The SMILES string of the molecule is COC(=O)C1=COC(c2ccc(C(C)C)cc2)C(C(=O)OC)=C1. The lowest BCUT2D eigenvalue weighted by atomic mass is 9.95. The number of esters is 2. The zero-order chi connectivity index (χ0) is 17.0. The molecule has 0 saturated heterocycles.